The molecule has 1 fully saturated rings. The van der Waals surface area contributed by atoms with Crippen LogP contribution in [-0.2, 0) is 11.2 Å². The summed E-state index contributed by atoms with van der Waals surface area (Å²) in [6.07, 6.45) is 2.07. The zero-order valence-corrected chi connectivity index (χ0v) is 26.0. The lowest BCUT2D eigenvalue weighted by Crippen LogP contribution is -2.59. The predicted molar refractivity (Wildman–Crippen MR) is 172 cm³/mol. The fourth-order valence-electron chi connectivity index (χ4n) is 5.31. The van der Waals surface area contributed by atoms with E-state index in [0.717, 1.165) is 18.4 Å². The molecule has 2 atom stereocenters. The topological polar surface area (TPSA) is 209 Å². The number of amides is 2. The summed E-state index contributed by atoms with van der Waals surface area (Å²) in [5.41, 5.74) is 12.8. The molecule has 46 heavy (non-hydrogen) atoms. The number of aryl methyl sites for hydroxylation is 1. The fourth-order valence-corrected chi connectivity index (χ4v) is 5.46. The van der Waals surface area contributed by atoms with Crippen molar-refractivity contribution in [2.24, 2.45) is 21.5 Å². The molecule has 2 unspecified atom stereocenters. The van der Waals surface area contributed by atoms with E-state index in [1.165, 1.54) is 0 Å². The number of aliphatic imine (C=N–C) groups is 2. The molecule has 246 valence electrons. The minimum atomic E-state index is -0.970. The zero-order chi connectivity index (χ0) is 32.7. The fraction of sp³-hybridized carbons (Fsp3) is 0.419. The molecule has 0 saturated carbocycles. The van der Waals surface area contributed by atoms with E-state index in [9.17, 15) is 14.7 Å². The van der Waals surface area contributed by atoms with E-state index in [1.807, 2.05) is 41.3 Å². The minimum absolute atomic E-state index is 0.00288. The normalized spacial score (nSPS) is 19.5. The molecule has 3 heterocycles. The standard InChI is InChI=1S/C31H39ClN8O6/c32-25-27(34)37-26(33)24(36-25)28(43)38-30-35-18-31(39-30)11-13-40(14-12-31)29(44)20-5-9-22(10-6-20)45-15-1-2-19-3-7-23(8-4-19)46-17-21(42)16-41/h3-10,21,24,36,41-42H,1-2,11-18,34H2,(H2,33,37)(H2,35,38,39,43). The monoisotopic (exact) mass is 654 g/mol. The van der Waals surface area contributed by atoms with Gasteiger partial charge in [-0.2, -0.15) is 0 Å². The van der Waals surface area contributed by atoms with Crippen molar-refractivity contribution < 1.29 is 29.3 Å². The van der Waals surface area contributed by atoms with Crippen LogP contribution in [0.25, 0.3) is 0 Å². The van der Waals surface area contributed by atoms with Crippen LogP contribution in [0.5, 0.6) is 11.5 Å². The molecular weight excluding hydrogens is 616 g/mol. The molecule has 9 N–H and O–H groups in total. The van der Waals surface area contributed by atoms with Gasteiger partial charge in [-0.15, -0.1) is 0 Å². The highest BCUT2D eigenvalue weighted by Crippen LogP contribution is 2.27. The van der Waals surface area contributed by atoms with E-state index < -0.39 is 18.1 Å². The summed E-state index contributed by atoms with van der Waals surface area (Å²) in [6.45, 7) is 1.79. The second-order valence-corrected chi connectivity index (χ2v) is 11.8. The number of carbonyl (C=O) groups is 2. The van der Waals surface area contributed by atoms with Crippen molar-refractivity contribution in [2.75, 3.05) is 39.5 Å². The van der Waals surface area contributed by atoms with Gasteiger partial charge in [-0.1, -0.05) is 23.7 Å². The number of guanidine groups is 1. The number of ether oxygens (including phenoxy) is 2. The third kappa shape index (κ3) is 8.19. The molecule has 14 nitrogen and oxygen atoms in total. The maximum atomic E-state index is 13.2. The Labute approximate surface area is 271 Å². The second kappa shape index (κ2) is 14.7. The van der Waals surface area contributed by atoms with E-state index in [2.05, 4.69) is 25.9 Å². The van der Waals surface area contributed by atoms with Gasteiger partial charge in [0.25, 0.3) is 11.8 Å². The number of nitrogens with zero attached hydrogens (tertiary/aromatic N) is 3. The van der Waals surface area contributed by atoms with Crippen molar-refractivity contribution in [3.63, 3.8) is 0 Å². The van der Waals surface area contributed by atoms with E-state index in [1.54, 1.807) is 12.1 Å². The van der Waals surface area contributed by atoms with Crippen molar-refractivity contribution in [3.05, 3.63) is 70.6 Å². The van der Waals surface area contributed by atoms with Crippen LogP contribution in [-0.4, -0.2) is 95.9 Å². The number of nitrogens with two attached hydrogens (primary N) is 2. The van der Waals surface area contributed by atoms with Crippen LogP contribution in [0.2, 0.25) is 0 Å². The van der Waals surface area contributed by atoms with Gasteiger partial charge in [0.1, 0.15) is 35.2 Å². The van der Waals surface area contributed by atoms with Crippen molar-refractivity contribution in [3.8, 4) is 11.5 Å². The Morgan fingerprint density at radius 3 is 2.46 bits per heavy atom. The number of hydrogen-bond acceptors (Lipinski definition) is 12. The molecule has 1 saturated heterocycles. The maximum absolute atomic E-state index is 13.2. The molecule has 2 aromatic rings. The number of likely N-dealkylation sites (tertiary alicyclic amines) is 1. The summed E-state index contributed by atoms with van der Waals surface area (Å²) >= 11 is 5.96. The smallest absolute Gasteiger partial charge is 0.257 e. The quantitative estimate of drug-likeness (QED) is 0.129. The number of piperidine rings is 1. The summed E-state index contributed by atoms with van der Waals surface area (Å²) in [7, 11) is 0. The van der Waals surface area contributed by atoms with Gasteiger partial charge in [0, 0.05) is 18.7 Å². The van der Waals surface area contributed by atoms with Crippen LogP contribution in [0.1, 0.15) is 35.2 Å². The van der Waals surface area contributed by atoms with E-state index >= 15 is 0 Å². The molecule has 0 aliphatic carbocycles. The lowest BCUT2D eigenvalue weighted by atomic mass is 9.88. The van der Waals surface area contributed by atoms with Gasteiger partial charge in [-0.3, -0.25) is 19.9 Å². The molecule has 0 aromatic heterocycles. The maximum Gasteiger partial charge on any atom is 0.257 e. The SMILES string of the molecule is NC1=NC(N)=C(Cl)NC1C(=O)NC1=NCC2(CCN(C(=O)c3ccc(OCCCc4ccc(OCC(O)CO)cc4)cc3)CC2)N1. The Bertz CT molecular complexity index is 1490. The van der Waals surface area contributed by atoms with Gasteiger partial charge in [-0.25, -0.2) is 4.99 Å². The molecular formula is C31H39ClN8O6. The highest BCUT2D eigenvalue weighted by atomic mass is 35.5. The summed E-state index contributed by atoms with van der Waals surface area (Å²) in [5.74, 6) is 1.17. The van der Waals surface area contributed by atoms with Gasteiger partial charge >= 0.3 is 0 Å². The van der Waals surface area contributed by atoms with Crippen molar-refractivity contribution in [1.82, 2.24) is 20.9 Å². The summed E-state index contributed by atoms with van der Waals surface area (Å²) in [5, 5.41) is 27.1. The third-order valence-electron chi connectivity index (χ3n) is 8.03. The van der Waals surface area contributed by atoms with E-state index in [-0.39, 0.29) is 41.5 Å². The molecule has 2 aromatic carbocycles. The zero-order valence-electron chi connectivity index (χ0n) is 25.2. The van der Waals surface area contributed by atoms with Crippen molar-refractivity contribution in [2.45, 2.75) is 43.4 Å². The van der Waals surface area contributed by atoms with Crippen molar-refractivity contribution >= 4 is 35.2 Å². The second-order valence-electron chi connectivity index (χ2n) is 11.4. The number of aliphatic hydroxyl groups is 2. The Kier molecular flexibility index (Phi) is 10.5. The van der Waals surface area contributed by atoms with Crippen LogP contribution in [0, 0.1) is 0 Å². The Morgan fingerprint density at radius 2 is 1.76 bits per heavy atom. The molecule has 5 rings (SSSR count). The molecule has 1 spiro atoms. The van der Waals surface area contributed by atoms with E-state index in [0.29, 0.717) is 62.1 Å². The average Bonchev–Trinajstić information content (AvgIpc) is 3.45. The van der Waals surface area contributed by atoms with Crippen LogP contribution in [0.4, 0.5) is 0 Å². The van der Waals surface area contributed by atoms with Gasteiger partial charge in [0.15, 0.2) is 17.8 Å². The molecule has 3 aliphatic rings. The summed E-state index contributed by atoms with van der Waals surface area (Å²) in [4.78, 5) is 36.1. The third-order valence-corrected chi connectivity index (χ3v) is 8.34. The summed E-state index contributed by atoms with van der Waals surface area (Å²) < 4.78 is 11.3. The number of rotatable bonds is 11. The number of nitrogens with one attached hydrogen (secondary N) is 3. The van der Waals surface area contributed by atoms with Gasteiger partial charge in [0.05, 0.1) is 25.3 Å². The first kappa shape index (κ1) is 32.9. The molecule has 0 bridgehead atoms. The number of hydrogen-bond donors (Lipinski definition) is 7. The number of benzene rings is 2. The Balaban J connectivity index is 1.01. The minimum Gasteiger partial charge on any atom is -0.494 e. The molecule has 3 aliphatic heterocycles. The van der Waals surface area contributed by atoms with Crippen molar-refractivity contribution in [1.29, 1.82) is 0 Å². The van der Waals surface area contributed by atoms with Crippen LogP contribution in [0.3, 0.4) is 0 Å². The highest BCUT2D eigenvalue weighted by molar-refractivity contribution is 6.30. The van der Waals surface area contributed by atoms with Gasteiger partial charge < -0.3 is 46.7 Å². The number of amidine groups is 1. The number of aliphatic hydroxyl groups excluding tert-OH is 2. The first-order valence-corrected chi connectivity index (χ1v) is 15.4. The van der Waals surface area contributed by atoms with Gasteiger partial charge in [-0.05, 0) is 67.6 Å². The van der Waals surface area contributed by atoms with Crippen LogP contribution >= 0.6 is 11.6 Å². The average molecular weight is 655 g/mol. The van der Waals surface area contributed by atoms with Crippen LogP contribution < -0.4 is 36.9 Å². The lowest BCUT2D eigenvalue weighted by Gasteiger charge is -2.39. The summed E-state index contributed by atoms with van der Waals surface area (Å²) in [6, 6.07) is 13.8. The Morgan fingerprint density at radius 1 is 1.09 bits per heavy atom. The first-order chi connectivity index (χ1) is 22.1. The molecule has 2 amide bonds. The van der Waals surface area contributed by atoms with E-state index in [4.69, 9.17) is 37.6 Å². The lowest BCUT2D eigenvalue weighted by molar-refractivity contribution is -0.120. The number of halogens is 1. The largest absolute Gasteiger partial charge is 0.494 e. The highest BCUT2D eigenvalue weighted by Gasteiger charge is 2.41. The first-order valence-electron chi connectivity index (χ1n) is 15.1. The molecule has 15 heteroatoms. The molecule has 0 radical (unpaired) electrons. The number of carbonyl (C=O) groups excluding carboxylic acids is 2. The Hall–Kier alpha value is -4.53. The van der Waals surface area contributed by atoms with Gasteiger partial charge in [0.2, 0.25) is 0 Å². The predicted octanol–water partition coefficient (Wildman–Crippen LogP) is 0.134. The van der Waals surface area contributed by atoms with Crippen LogP contribution in [0.15, 0.2) is 69.5 Å².